The second-order valence-corrected chi connectivity index (χ2v) is 2.89. The summed E-state index contributed by atoms with van der Waals surface area (Å²) in [7, 11) is 0. The van der Waals surface area contributed by atoms with Crippen molar-refractivity contribution < 1.29 is 9.84 Å². The molecule has 0 fully saturated rings. The molecule has 0 saturated heterocycles. The number of aromatic nitrogens is 1. The zero-order chi connectivity index (χ0) is 10.4. The van der Waals surface area contributed by atoms with Crippen LogP contribution in [0.2, 0.25) is 0 Å². The first kappa shape index (κ1) is 10.6. The van der Waals surface area contributed by atoms with E-state index in [9.17, 15) is 4.91 Å². The van der Waals surface area contributed by atoms with E-state index in [1.807, 2.05) is 19.1 Å². The molecule has 5 nitrogen and oxygen atoms in total. The molecular weight excluding hydrogens is 184 g/mol. The van der Waals surface area contributed by atoms with Crippen LogP contribution in [0.25, 0.3) is 0 Å². The fraction of sp³-hybridized carbons (Fsp3) is 0.444. The zero-order valence-corrected chi connectivity index (χ0v) is 7.88. The molecule has 14 heavy (non-hydrogen) atoms. The fourth-order valence-corrected chi connectivity index (χ4v) is 0.919. The van der Waals surface area contributed by atoms with Gasteiger partial charge in [0.25, 0.3) is 0 Å². The average Bonchev–Trinajstić information content (AvgIpc) is 2.15. The minimum absolute atomic E-state index is 0.0300. The van der Waals surface area contributed by atoms with Crippen molar-refractivity contribution in [2.45, 2.75) is 13.0 Å². The Morgan fingerprint density at radius 1 is 1.64 bits per heavy atom. The van der Waals surface area contributed by atoms with Crippen molar-refractivity contribution in [3.8, 4) is 5.88 Å². The molecule has 5 heteroatoms. The maximum Gasteiger partial charge on any atom is 0.213 e. The lowest BCUT2D eigenvalue weighted by Gasteiger charge is -2.08. The highest BCUT2D eigenvalue weighted by molar-refractivity contribution is 5.14. The van der Waals surface area contributed by atoms with Crippen molar-refractivity contribution in [2.24, 2.45) is 5.18 Å². The van der Waals surface area contributed by atoms with Gasteiger partial charge >= 0.3 is 0 Å². The molecule has 0 saturated carbocycles. The van der Waals surface area contributed by atoms with Crippen LogP contribution in [-0.4, -0.2) is 29.3 Å². The van der Waals surface area contributed by atoms with Gasteiger partial charge in [0, 0.05) is 11.8 Å². The van der Waals surface area contributed by atoms with Crippen LogP contribution in [-0.2, 0) is 0 Å². The summed E-state index contributed by atoms with van der Waals surface area (Å²) in [5.41, 5.74) is 0.838. The highest BCUT2D eigenvalue weighted by atomic mass is 16.5. The molecular formula is C9H12N2O3. The van der Waals surface area contributed by atoms with Crippen LogP contribution < -0.4 is 4.74 Å². The van der Waals surface area contributed by atoms with E-state index in [4.69, 9.17) is 9.84 Å². The largest absolute Gasteiger partial charge is 0.475 e. The molecule has 1 heterocycles. The van der Waals surface area contributed by atoms with Gasteiger partial charge in [0.1, 0.15) is 19.3 Å². The quantitative estimate of drug-likeness (QED) is 0.710. The van der Waals surface area contributed by atoms with Gasteiger partial charge in [-0.3, -0.25) is 0 Å². The lowest BCUT2D eigenvalue weighted by Crippen LogP contribution is -2.20. The molecule has 1 aromatic heterocycles. The Morgan fingerprint density at radius 3 is 3.07 bits per heavy atom. The maximum absolute atomic E-state index is 9.80. The van der Waals surface area contributed by atoms with Crippen LogP contribution in [0.3, 0.4) is 0 Å². The van der Waals surface area contributed by atoms with Crippen LogP contribution in [0.4, 0.5) is 0 Å². The van der Waals surface area contributed by atoms with E-state index in [-0.39, 0.29) is 13.2 Å². The predicted molar refractivity (Wildman–Crippen MR) is 51.1 cm³/mol. The molecule has 0 spiro atoms. The number of hydrogen-bond donors (Lipinski definition) is 1. The summed E-state index contributed by atoms with van der Waals surface area (Å²) in [6.07, 6.45) is -0.866. The van der Waals surface area contributed by atoms with Gasteiger partial charge in [0.05, 0.1) is 0 Å². The average molecular weight is 196 g/mol. The third-order valence-corrected chi connectivity index (χ3v) is 1.57. The molecule has 0 aromatic carbocycles. The summed E-state index contributed by atoms with van der Waals surface area (Å²) in [4.78, 5) is 13.9. The third-order valence-electron chi connectivity index (χ3n) is 1.57. The highest BCUT2D eigenvalue weighted by Gasteiger charge is 2.05. The number of nitroso groups, excluding NO2 is 1. The third kappa shape index (κ3) is 3.49. The molecule has 1 N–H and O–H groups in total. The van der Waals surface area contributed by atoms with Gasteiger partial charge in [0.2, 0.25) is 5.88 Å². The molecule has 0 bridgehead atoms. The second-order valence-electron chi connectivity index (χ2n) is 2.89. The lowest BCUT2D eigenvalue weighted by atomic mass is 10.4. The van der Waals surface area contributed by atoms with Crippen molar-refractivity contribution in [1.82, 2.24) is 4.98 Å². The number of hydrogen-bond acceptors (Lipinski definition) is 5. The van der Waals surface area contributed by atoms with E-state index >= 15 is 0 Å². The van der Waals surface area contributed by atoms with Gasteiger partial charge in [0.15, 0.2) is 0 Å². The topological polar surface area (TPSA) is 71.8 Å². The molecule has 1 atom stereocenters. The predicted octanol–water partition coefficient (Wildman–Crippen LogP) is 0.896. The minimum atomic E-state index is -0.866. The normalized spacial score (nSPS) is 12.1. The van der Waals surface area contributed by atoms with Crippen molar-refractivity contribution in [1.29, 1.82) is 0 Å². The first-order valence-corrected chi connectivity index (χ1v) is 4.26. The van der Waals surface area contributed by atoms with Crippen molar-refractivity contribution in [3.63, 3.8) is 0 Å². The Balaban J connectivity index is 2.41. The lowest BCUT2D eigenvalue weighted by molar-refractivity contribution is 0.111. The van der Waals surface area contributed by atoms with Crippen LogP contribution in [0.15, 0.2) is 23.4 Å². The molecule has 0 aliphatic heterocycles. The smallest absolute Gasteiger partial charge is 0.213 e. The van der Waals surface area contributed by atoms with Gasteiger partial charge < -0.3 is 9.84 Å². The highest BCUT2D eigenvalue weighted by Crippen LogP contribution is 2.06. The van der Waals surface area contributed by atoms with Crippen molar-refractivity contribution in [2.75, 3.05) is 13.2 Å². The molecule has 0 aliphatic rings. The van der Waals surface area contributed by atoms with E-state index in [1.54, 1.807) is 6.07 Å². The number of nitrogens with zero attached hydrogens (tertiary/aromatic N) is 2. The number of aliphatic hydroxyl groups excluding tert-OH is 1. The van der Waals surface area contributed by atoms with Crippen LogP contribution in [0.1, 0.15) is 5.69 Å². The molecule has 76 valence electrons. The molecule has 0 radical (unpaired) electrons. The van der Waals surface area contributed by atoms with Gasteiger partial charge in [-0.2, -0.15) is 4.91 Å². The first-order valence-electron chi connectivity index (χ1n) is 4.26. The van der Waals surface area contributed by atoms with E-state index < -0.39 is 6.10 Å². The zero-order valence-electron chi connectivity index (χ0n) is 7.88. The number of aliphatic hydroxyl groups is 1. The monoisotopic (exact) mass is 196 g/mol. The fourth-order valence-electron chi connectivity index (χ4n) is 0.919. The van der Waals surface area contributed by atoms with Crippen molar-refractivity contribution >= 4 is 0 Å². The van der Waals surface area contributed by atoms with E-state index in [0.29, 0.717) is 5.88 Å². The number of ether oxygens (including phenoxy) is 1. The summed E-state index contributed by atoms with van der Waals surface area (Å²) in [5, 5.41) is 11.7. The molecule has 1 unspecified atom stereocenters. The van der Waals surface area contributed by atoms with Gasteiger partial charge in [-0.25, -0.2) is 4.98 Å². The number of pyridine rings is 1. The Kier molecular flexibility index (Phi) is 4.00. The summed E-state index contributed by atoms with van der Waals surface area (Å²) in [6.45, 7) is 1.71. The minimum Gasteiger partial charge on any atom is -0.475 e. The molecule has 0 amide bonds. The van der Waals surface area contributed by atoms with E-state index in [0.717, 1.165) is 5.69 Å². The Morgan fingerprint density at radius 2 is 2.43 bits per heavy atom. The van der Waals surface area contributed by atoms with Gasteiger partial charge in [-0.05, 0) is 13.0 Å². The van der Waals surface area contributed by atoms with Crippen molar-refractivity contribution in [3.05, 3.63) is 28.8 Å². The second kappa shape index (κ2) is 5.29. The van der Waals surface area contributed by atoms with Crippen LogP contribution >= 0.6 is 0 Å². The molecule has 1 aromatic rings. The number of aryl methyl sites for hydroxylation is 1. The van der Waals surface area contributed by atoms with E-state index in [1.165, 1.54) is 0 Å². The Bertz CT molecular complexity index is 304. The van der Waals surface area contributed by atoms with E-state index in [2.05, 4.69) is 10.2 Å². The van der Waals surface area contributed by atoms with Gasteiger partial charge in [-0.15, -0.1) is 0 Å². The summed E-state index contributed by atoms with van der Waals surface area (Å²) < 4.78 is 5.14. The standard InChI is InChI=1S/C9H12N2O3/c1-7-3-2-4-9(11-7)14-6-8(12)5-10-13/h2-4,8,12H,5-6H2,1H3. The maximum atomic E-state index is 9.80. The summed E-state index contributed by atoms with van der Waals surface area (Å²) in [6, 6.07) is 5.34. The SMILES string of the molecule is Cc1cccc(OCC(O)CN=O)n1. The Labute approximate surface area is 81.7 Å². The van der Waals surface area contributed by atoms with Crippen LogP contribution in [0.5, 0.6) is 5.88 Å². The molecule has 0 aliphatic carbocycles. The van der Waals surface area contributed by atoms with Crippen LogP contribution in [0, 0.1) is 11.8 Å². The Hall–Kier alpha value is -1.49. The first-order chi connectivity index (χ1) is 6.72. The summed E-state index contributed by atoms with van der Waals surface area (Å²) >= 11 is 0. The molecule has 1 rings (SSSR count). The van der Waals surface area contributed by atoms with Gasteiger partial charge in [-0.1, -0.05) is 11.2 Å². The number of rotatable bonds is 5. The summed E-state index contributed by atoms with van der Waals surface area (Å²) in [5.74, 6) is 0.440.